The number of benzene rings is 1. The molecule has 1 aliphatic heterocycles. The summed E-state index contributed by atoms with van der Waals surface area (Å²) in [5, 5.41) is 5.85. The average molecular weight is 295 g/mol. The monoisotopic (exact) mass is 295 g/mol. The Bertz CT molecular complexity index is 625. The fourth-order valence-corrected chi connectivity index (χ4v) is 2.99. The molecule has 2 N–H and O–H groups in total. The topological polar surface area (TPSA) is 63.2 Å². The molecular weight excluding hydrogens is 281 g/mol. The van der Waals surface area contributed by atoms with E-state index in [0.717, 1.165) is 19.4 Å². The van der Waals surface area contributed by atoms with Gasteiger partial charge in [-0.2, -0.15) is 0 Å². The fourth-order valence-electron chi connectivity index (χ4n) is 2.11. The molecule has 0 spiro atoms. The second-order valence-corrected chi connectivity index (χ2v) is 5.63. The summed E-state index contributed by atoms with van der Waals surface area (Å²) in [5.41, 5.74) is 0.672. The molecule has 2 amide bonds. The molecule has 0 aliphatic carbocycles. The Labute approximate surface area is 119 Å². The first-order chi connectivity index (χ1) is 9.70. The lowest BCUT2D eigenvalue weighted by atomic mass is 10.2. The Balaban J connectivity index is 1.59. The SMILES string of the molecule is O=C(NC[C@@H]1CCCO1)Nc1nc2ccc(F)cc2s1. The van der Waals surface area contributed by atoms with Crippen LogP contribution in [0.4, 0.5) is 14.3 Å². The number of rotatable bonds is 3. The number of carbonyl (C=O) groups is 1. The van der Waals surface area contributed by atoms with E-state index >= 15 is 0 Å². The molecule has 0 radical (unpaired) electrons. The van der Waals surface area contributed by atoms with Crippen molar-refractivity contribution in [2.75, 3.05) is 18.5 Å². The van der Waals surface area contributed by atoms with Crippen molar-refractivity contribution in [2.45, 2.75) is 18.9 Å². The van der Waals surface area contributed by atoms with Crippen molar-refractivity contribution >= 4 is 32.7 Å². The Kier molecular flexibility index (Phi) is 3.79. The molecule has 106 valence electrons. The maximum atomic E-state index is 13.1. The van der Waals surface area contributed by atoms with Gasteiger partial charge in [0, 0.05) is 13.2 Å². The first-order valence-corrected chi connectivity index (χ1v) is 7.25. The van der Waals surface area contributed by atoms with Crippen LogP contribution in [0.1, 0.15) is 12.8 Å². The zero-order valence-electron chi connectivity index (χ0n) is 10.7. The van der Waals surface area contributed by atoms with Gasteiger partial charge in [0.15, 0.2) is 5.13 Å². The van der Waals surface area contributed by atoms with Gasteiger partial charge < -0.3 is 10.1 Å². The first-order valence-electron chi connectivity index (χ1n) is 6.43. The zero-order chi connectivity index (χ0) is 13.9. The van der Waals surface area contributed by atoms with E-state index in [-0.39, 0.29) is 18.0 Å². The highest BCUT2D eigenvalue weighted by Gasteiger charge is 2.16. The van der Waals surface area contributed by atoms with Crippen LogP contribution in [-0.2, 0) is 4.74 Å². The van der Waals surface area contributed by atoms with Crippen molar-refractivity contribution in [1.82, 2.24) is 10.3 Å². The van der Waals surface area contributed by atoms with E-state index in [1.54, 1.807) is 6.07 Å². The number of amides is 2. The van der Waals surface area contributed by atoms with E-state index in [2.05, 4.69) is 15.6 Å². The number of hydrogen-bond acceptors (Lipinski definition) is 4. The quantitative estimate of drug-likeness (QED) is 0.915. The van der Waals surface area contributed by atoms with E-state index < -0.39 is 0 Å². The zero-order valence-corrected chi connectivity index (χ0v) is 11.5. The summed E-state index contributed by atoms with van der Waals surface area (Å²) in [6, 6.07) is 4.03. The van der Waals surface area contributed by atoms with Gasteiger partial charge >= 0.3 is 6.03 Å². The molecule has 1 aromatic carbocycles. The largest absolute Gasteiger partial charge is 0.376 e. The van der Waals surface area contributed by atoms with Crippen LogP contribution in [0.5, 0.6) is 0 Å². The summed E-state index contributed by atoms with van der Waals surface area (Å²) < 4.78 is 19.2. The van der Waals surface area contributed by atoms with Crippen LogP contribution >= 0.6 is 11.3 Å². The molecular formula is C13H14FN3O2S. The highest BCUT2D eigenvalue weighted by atomic mass is 32.1. The van der Waals surface area contributed by atoms with E-state index in [9.17, 15) is 9.18 Å². The third-order valence-corrected chi connectivity index (χ3v) is 4.02. The molecule has 1 aromatic heterocycles. The summed E-state index contributed by atoms with van der Waals surface area (Å²) in [4.78, 5) is 15.9. The second kappa shape index (κ2) is 5.72. The normalized spacial score (nSPS) is 18.4. The average Bonchev–Trinajstić information content (AvgIpc) is 3.04. The van der Waals surface area contributed by atoms with Crippen molar-refractivity contribution in [1.29, 1.82) is 0 Å². The van der Waals surface area contributed by atoms with Crippen LogP contribution in [0.3, 0.4) is 0 Å². The Hall–Kier alpha value is -1.73. The van der Waals surface area contributed by atoms with Crippen LogP contribution < -0.4 is 10.6 Å². The van der Waals surface area contributed by atoms with Crippen molar-refractivity contribution < 1.29 is 13.9 Å². The van der Waals surface area contributed by atoms with E-state index in [1.807, 2.05) is 0 Å². The number of halogens is 1. The van der Waals surface area contributed by atoms with Crippen LogP contribution in [0.25, 0.3) is 10.2 Å². The van der Waals surface area contributed by atoms with Gasteiger partial charge in [-0.25, -0.2) is 14.2 Å². The van der Waals surface area contributed by atoms with Crippen LogP contribution in [0.15, 0.2) is 18.2 Å². The number of hydrogen-bond donors (Lipinski definition) is 2. The van der Waals surface area contributed by atoms with Gasteiger partial charge in [-0.1, -0.05) is 11.3 Å². The van der Waals surface area contributed by atoms with Crippen molar-refractivity contribution in [2.24, 2.45) is 0 Å². The van der Waals surface area contributed by atoms with E-state index in [4.69, 9.17) is 4.74 Å². The number of nitrogens with zero attached hydrogens (tertiary/aromatic N) is 1. The van der Waals surface area contributed by atoms with Crippen molar-refractivity contribution in [3.8, 4) is 0 Å². The number of ether oxygens (including phenoxy) is 1. The Morgan fingerprint density at radius 3 is 3.25 bits per heavy atom. The third kappa shape index (κ3) is 3.05. The number of thiazole rings is 1. The molecule has 1 saturated heterocycles. The molecule has 3 rings (SSSR count). The molecule has 1 fully saturated rings. The van der Waals surface area contributed by atoms with Gasteiger partial charge in [-0.15, -0.1) is 0 Å². The predicted molar refractivity (Wildman–Crippen MR) is 75.6 cm³/mol. The number of aromatic nitrogens is 1. The number of carbonyl (C=O) groups excluding carboxylic acids is 1. The van der Waals surface area contributed by atoms with Gasteiger partial charge in [-0.05, 0) is 31.0 Å². The fraction of sp³-hybridized carbons (Fsp3) is 0.385. The molecule has 7 heteroatoms. The van der Waals surface area contributed by atoms with E-state index in [0.29, 0.717) is 21.9 Å². The van der Waals surface area contributed by atoms with Gasteiger partial charge in [-0.3, -0.25) is 5.32 Å². The molecule has 5 nitrogen and oxygen atoms in total. The summed E-state index contributed by atoms with van der Waals surface area (Å²) in [6.45, 7) is 1.25. The lowest BCUT2D eigenvalue weighted by Crippen LogP contribution is -2.34. The maximum Gasteiger partial charge on any atom is 0.321 e. The third-order valence-electron chi connectivity index (χ3n) is 3.09. The number of anilines is 1. The van der Waals surface area contributed by atoms with Gasteiger partial charge in [0.2, 0.25) is 0 Å². The lowest BCUT2D eigenvalue weighted by molar-refractivity contribution is 0.112. The number of fused-ring (bicyclic) bond motifs is 1. The molecule has 20 heavy (non-hydrogen) atoms. The molecule has 0 saturated carbocycles. The molecule has 0 bridgehead atoms. The summed E-state index contributed by atoms with van der Waals surface area (Å²) in [5.74, 6) is -0.310. The highest BCUT2D eigenvalue weighted by molar-refractivity contribution is 7.22. The molecule has 2 heterocycles. The van der Waals surface area contributed by atoms with Crippen LogP contribution in [0.2, 0.25) is 0 Å². The van der Waals surface area contributed by atoms with Gasteiger partial charge in [0.1, 0.15) is 5.82 Å². The Morgan fingerprint density at radius 2 is 2.45 bits per heavy atom. The van der Waals surface area contributed by atoms with Gasteiger partial charge in [0.25, 0.3) is 0 Å². The molecule has 1 aliphatic rings. The minimum atomic E-state index is -0.319. The summed E-state index contributed by atoms with van der Waals surface area (Å²) in [7, 11) is 0. The van der Waals surface area contributed by atoms with Crippen LogP contribution in [-0.4, -0.2) is 30.3 Å². The standard InChI is InChI=1S/C13H14FN3O2S/c14-8-3-4-10-11(6-8)20-13(16-10)17-12(18)15-7-9-2-1-5-19-9/h3-4,6,9H,1-2,5,7H2,(H2,15,16,17,18)/t9-/m0/s1. The van der Waals surface area contributed by atoms with Gasteiger partial charge in [0.05, 0.1) is 16.3 Å². The predicted octanol–water partition coefficient (Wildman–Crippen LogP) is 2.74. The molecule has 2 aromatic rings. The molecule has 1 atom stereocenters. The lowest BCUT2D eigenvalue weighted by Gasteiger charge is -2.10. The van der Waals surface area contributed by atoms with E-state index in [1.165, 1.54) is 23.5 Å². The Morgan fingerprint density at radius 1 is 1.55 bits per heavy atom. The second-order valence-electron chi connectivity index (χ2n) is 4.60. The summed E-state index contributed by atoms with van der Waals surface area (Å²) >= 11 is 1.24. The van der Waals surface area contributed by atoms with Crippen molar-refractivity contribution in [3.63, 3.8) is 0 Å². The summed E-state index contributed by atoms with van der Waals surface area (Å²) in [6.07, 6.45) is 2.11. The maximum absolute atomic E-state index is 13.1. The number of urea groups is 1. The minimum Gasteiger partial charge on any atom is -0.376 e. The first kappa shape index (κ1) is 13.3. The number of nitrogens with one attached hydrogen (secondary N) is 2. The van der Waals surface area contributed by atoms with Crippen molar-refractivity contribution in [3.05, 3.63) is 24.0 Å². The smallest absolute Gasteiger partial charge is 0.321 e. The minimum absolute atomic E-state index is 0.102. The highest BCUT2D eigenvalue weighted by Crippen LogP contribution is 2.26. The molecule has 0 unspecified atom stereocenters. The van der Waals surface area contributed by atoms with Crippen LogP contribution in [0, 0.1) is 5.82 Å².